The molecule has 2 atom stereocenters. The van der Waals surface area contributed by atoms with Crippen molar-refractivity contribution in [1.82, 2.24) is 4.90 Å². The fourth-order valence-corrected chi connectivity index (χ4v) is 3.43. The molecule has 1 aliphatic rings. The third-order valence-electron chi connectivity index (χ3n) is 4.79. The van der Waals surface area contributed by atoms with Crippen LogP contribution in [-0.2, 0) is 17.9 Å². The smallest absolute Gasteiger partial charge is 0.341 e. The number of hydrogen-bond acceptors (Lipinski definition) is 2. The van der Waals surface area contributed by atoms with E-state index in [1.54, 1.807) is 0 Å². The Hall–Kier alpha value is -2.20. The Morgan fingerprint density at radius 2 is 1.54 bits per heavy atom. The predicted molar refractivity (Wildman–Crippen MR) is 91.2 cm³/mol. The summed E-state index contributed by atoms with van der Waals surface area (Å²) in [5, 5.41) is 9.16. The largest absolute Gasteiger partial charge is 0.479 e. The zero-order valence-electron chi connectivity index (χ0n) is 13.6. The first-order chi connectivity index (χ1) is 11.6. The molecule has 1 aliphatic carbocycles. The summed E-state index contributed by atoms with van der Waals surface area (Å²) < 4.78 is 14.5. The van der Waals surface area contributed by atoms with Crippen LogP contribution in [0.1, 0.15) is 30.4 Å². The summed E-state index contributed by atoms with van der Waals surface area (Å²) in [5.41, 5.74) is 0.219. The highest BCUT2D eigenvalue weighted by atomic mass is 19.1. The van der Waals surface area contributed by atoms with Crippen LogP contribution in [0.3, 0.4) is 0 Å². The number of halogens is 1. The van der Waals surface area contributed by atoms with Gasteiger partial charge in [-0.15, -0.1) is 0 Å². The van der Waals surface area contributed by atoms with Gasteiger partial charge in [0.25, 0.3) is 0 Å². The van der Waals surface area contributed by atoms with E-state index < -0.39 is 11.6 Å². The Morgan fingerprint density at radius 1 is 1.04 bits per heavy atom. The Kier molecular flexibility index (Phi) is 4.95. The van der Waals surface area contributed by atoms with Gasteiger partial charge < -0.3 is 5.11 Å². The summed E-state index contributed by atoms with van der Waals surface area (Å²) in [5.74, 6) is -1.33. The van der Waals surface area contributed by atoms with Crippen LogP contribution in [0.15, 0.2) is 60.7 Å². The van der Waals surface area contributed by atoms with Crippen LogP contribution in [0.2, 0.25) is 0 Å². The predicted octanol–water partition coefficient (Wildman–Crippen LogP) is 4.03. The summed E-state index contributed by atoms with van der Waals surface area (Å²) in [6, 6.07) is 20.0. The third-order valence-corrected chi connectivity index (χ3v) is 4.79. The van der Waals surface area contributed by atoms with Crippen LogP contribution >= 0.6 is 0 Å². The number of alkyl halides is 1. The lowest BCUT2D eigenvalue weighted by atomic mass is 10.0. The highest BCUT2D eigenvalue weighted by Crippen LogP contribution is 2.37. The minimum Gasteiger partial charge on any atom is -0.479 e. The molecule has 0 aliphatic heterocycles. The topological polar surface area (TPSA) is 40.5 Å². The van der Waals surface area contributed by atoms with Crippen LogP contribution in [0.5, 0.6) is 0 Å². The maximum absolute atomic E-state index is 14.5. The van der Waals surface area contributed by atoms with Crippen LogP contribution in [0.4, 0.5) is 4.39 Å². The second-order valence-electron chi connectivity index (χ2n) is 6.54. The molecule has 2 aromatic carbocycles. The number of nitrogens with zero attached hydrogens (tertiary/aromatic N) is 1. The van der Waals surface area contributed by atoms with Crippen LogP contribution in [-0.4, -0.2) is 27.7 Å². The minimum absolute atomic E-state index is 0.0575. The molecule has 0 spiro atoms. The quantitative estimate of drug-likeness (QED) is 0.871. The van der Waals surface area contributed by atoms with Gasteiger partial charge in [0, 0.05) is 25.6 Å². The van der Waals surface area contributed by atoms with E-state index in [0.717, 1.165) is 11.1 Å². The molecule has 1 fully saturated rings. The van der Waals surface area contributed by atoms with Crippen molar-refractivity contribution in [3.63, 3.8) is 0 Å². The molecule has 126 valence electrons. The SMILES string of the molecule is O=C(O)C1(F)CCC(N(Cc2ccccc2)Cc2ccccc2)C1. The first kappa shape index (κ1) is 16.7. The Bertz CT molecular complexity index is 635. The average Bonchev–Trinajstić information content (AvgIpc) is 3.00. The molecule has 0 radical (unpaired) electrons. The maximum Gasteiger partial charge on any atom is 0.341 e. The number of hydrogen-bond donors (Lipinski definition) is 1. The number of benzene rings is 2. The Balaban J connectivity index is 1.78. The molecular formula is C20H22FNO2. The molecule has 0 aromatic heterocycles. The van der Waals surface area contributed by atoms with E-state index in [1.165, 1.54) is 0 Å². The lowest BCUT2D eigenvalue weighted by Gasteiger charge is -2.29. The van der Waals surface area contributed by atoms with Gasteiger partial charge in [0.2, 0.25) is 5.67 Å². The fourth-order valence-electron chi connectivity index (χ4n) is 3.43. The minimum atomic E-state index is -2.09. The molecule has 24 heavy (non-hydrogen) atoms. The Labute approximate surface area is 141 Å². The van der Waals surface area contributed by atoms with E-state index in [9.17, 15) is 9.18 Å². The summed E-state index contributed by atoms with van der Waals surface area (Å²) in [7, 11) is 0. The zero-order valence-corrected chi connectivity index (χ0v) is 13.6. The lowest BCUT2D eigenvalue weighted by Crippen LogP contribution is -2.37. The first-order valence-corrected chi connectivity index (χ1v) is 8.31. The standard InChI is InChI=1S/C20H22FNO2/c21-20(19(23)24)12-11-18(13-20)22(14-16-7-3-1-4-8-16)15-17-9-5-2-6-10-17/h1-10,18H,11-15H2,(H,23,24). The summed E-state index contributed by atoms with van der Waals surface area (Å²) in [6.45, 7) is 1.38. The van der Waals surface area contributed by atoms with Gasteiger partial charge in [0.15, 0.2) is 0 Å². The van der Waals surface area contributed by atoms with E-state index in [2.05, 4.69) is 4.90 Å². The monoisotopic (exact) mass is 327 g/mol. The van der Waals surface area contributed by atoms with Gasteiger partial charge in [-0.3, -0.25) is 4.90 Å². The van der Waals surface area contributed by atoms with Gasteiger partial charge in [0.1, 0.15) is 0 Å². The van der Waals surface area contributed by atoms with Gasteiger partial charge in [0.05, 0.1) is 0 Å². The molecule has 1 N–H and O–H groups in total. The van der Waals surface area contributed by atoms with Crippen molar-refractivity contribution in [1.29, 1.82) is 0 Å². The fraction of sp³-hybridized carbons (Fsp3) is 0.350. The van der Waals surface area contributed by atoms with Crippen molar-refractivity contribution in [2.45, 2.75) is 44.1 Å². The molecule has 0 amide bonds. The third kappa shape index (κ3) is 3.82. The number of rotatable bonds is 6. The molecule has 4 heteroatoms. The zero-order chi connectivity index (χ0) is 17.0. The number of aliphatic carboxylic acids is 1. The molecule has 2 unspecified atom stereocenters. The molecule has 2 aromatic rings. The number of carbonyl (C=O) groups is 1. The van der Waals surface area contributed by atoms with Crippen LogP contribution in [0.25, 0.3) is 0 Å². The summed E-state index contributed by atoms with van der Waals surface area (Å²) in [6.07, 6.45) is 0.720. The maximum atomic E-state index is 14.5. The van der Waals surface area contributed by atoms with Crippen LogP contribution in [0, 0.1) is 0 Å². The van der Waals surface area contributed by atoms with Gasteiger partial charge in [-0.25, -0.2) is 9.18 Å². The van der Waals surface area contributed by atoms with Crippen LogP contribution < -0.4 is 0 Å². The van der Waals surface area contributed by atoms with Crippen molar-refractivity contribution in [2.75, 3.05) is 0 Å². The molecule has 0 saturated heterocycles. The number of carboxylic acids is 1. The van der Waals surface area contributed by atoms with Gasteiger partial charge >= 0.3 is 5.97 Å². The van der Waals surface area contributed by atoms with E-state index in [0.29, 0.717) is 19.5 Å². The number of carboxylic acid groups (broad SMARTS) is 1. The van der Waals surface area contributed by atoms with E-state index >= 15 is 0 Å². The van der Waals surface area contributed by atoms with Gasteiger partial charge in [-0.2, -0.15) is 0 Å². The van der Waals surface area contributed by atoms with Crippen molar-refractivity contribution >= 4 is 5.97 Å². The second-order valence-corrected chi connectivity index (χ2v) is 6.54. The molecule has 3 nitrogen and oxygen atoms in total. The molecule has 1 saturated carbocycles. The van der Waals surface area contributed by atoms with E-state index in [1.807, 2.05) is 60.7 Å². The van der Waals surface area contributed by atoms with Crippen molar-refractivity contribution in [3.05, 3.63) is 71.8 Å². The van der Waals surface area contributed by atoms with Crippen molar-refractivity contribution in [3.8, 4) is 0 Å². The molecule has 3 rings (SSSR count). The van der Waals surface area contributed by atoms with E-state index in [4.69, 9.17) is 5.11 Å². The summed E-state index contributed by atoms with van der Waals surface area (Å²) in [4.78, 5) is 13.4. The first-order valence-electron chi connectivity index (χ1n) is 8.31. The van der Waals surface area contributed by atoms with Crippen molar-refractivity contribution in [2.24, 2.45) is 0 Å². The lowest BCUT2D eigenvalue weighted by molar-refractivity contribution is -0.150. The molecule has 0 bridgehead atoms. The van der Waals surface area contributed by atoms with Crippen molar-refractivity contribution < 1.29 is 14.3 Å². The Morgan fingerprint density at radius 3 is 1.96 bits per heavy atom. The van der Waals surface area contributed by atoms with E-state index in [-0.39, 0.29) is 18.9 Å². The highest BCUT2D eigenvalue weighted by molar-refractivity contribution is 5.77. The molecule has 0 heterocycles. The summed E-state index contributed by atoms with van der Waals surface area (Å²) >= 11 is 0. The second kappa shape index (κ2) is 7.14. The normalized spacial score (nSPS) is 23.5. The van der Waals surface area contributed by atoms with Gasteiger partial charge in [-0.1, -0.05) is 60.7 Å². The van der Waals surface area contributed by atoms with Gasteiger partial charge in [-0.05, 0) is 24.0 Å². The molecular weight excluding hydrogens is 305 g/mol. The average molecular weight is 327 g/mol. The highest BCUT2D eigenvalue weighted by Gasteiger charge is 2.47.